The number of hydrogen-bond donors (Lipinski definition) is 2. The van der Waals surface area contributed by atoms with Gasteiger partial charge in [0.2, 0.25) is 0 Å². The summed E-state index contributed by atoms with van der Waals surface area (Å²) < 4.78 is 0. The molecule has 3 aromatic rings. The molecule has 1 heterocycles. The molecule has 0 saturated carbocycles. The van der Waals surface area contributed by atoms with E-state index in [4.69, 9.17) is 23.2 Å². The van der Waals surface area contributed by atoms with Gasteiger partial charge in [0.1, 0.15) is 11.5 Å². The highest BCUT2D eigenvalue weighted by Crippen LogP contribution is 2.25. The van der Waals surface area contributed by atoms with Crippen LogP contribution in [0.4, 0.5) is 17.2 Å². The Morgan fingerprint density at radius 3 is 2.52 bits per heavy atom. The number of carbonyl (C=O) groups is 1. The van der Waals surface area contributed by atoms with E-state index in [0.717, 1.165) is 11.3 Å². The van der Waals surface area contributed by atoms with Gasteiger partial charge in [0.25, 0.3) is 5.91 Å². The van der Waals surface area contributed by atoms with Crippen LogP contribution in [-0.2, 0) is 0 Å². The molecule has 0 aliphatic carbocycles. The fourth-order valence-electron chi connectivity index (χ4n) is 2.14. The highest BCUT2D eigenvalue weighted by atomic mass is 35.5. The summed E-state index contributed by atoms with van der Waals surface area (Å²) in [4.78, 5) is 20.6. The number of para-hydroxylation sites is 1. The van der Waals surface area contributed by atoms with Crippen LogP contribution in [0.25, 0.3) is 0 Å². The number of carbonyl (C=O) groups excluding carboxylic acids is 1. The predicted molar refractivity (Wildman–Crippen MR) is 101 cm³/mol. The molecule has 7 heteroatoms. The van der Waals surface area contributed by atoms with Crippen LogP contribution in [0.3, 0.4) is 0 Å². The molecule has 3 rings (SSSR count). The van der Waals surface area contributed by atoms with Crippen molar-refractivity contribution in [2.24, 2.45) is 0 Å². The minimum Gasteiger partial charge on any atom is -0.339 e. The Morgan fingerprint density at radius 2 is 1.80 bits per heavy atom. The molecule has 5 nitrogen and oxygen atoms in total. The van der Waals surface area contributed by atoms with Crippen molar-refractivity contribution in [3.05, 3.63) is 76.2 Å². The first-order valence-corrected chi connectivity index (χ1v) is 8.19. The third-order valence-corrected chi connectivity index (χ3v) is 4.03. The van der Waals surface area contributed by atoms with E-state index in [0.29, 0.717) is 21.6 Å². The average Bonchev–Trinajstić information content (AvgIpc) is 2.61. The summed E-state index contributed by atoms with van der Waals surface area (Å²) in [5, 5.41) is 6.70. The number of rotatable bonds is 4. The lowest BCUT2D eigenvalue weighted by Gasteiger charge is -2.09. The molecular formula is C18H14Cl2N4O. The Hall–Kier alpha value is -2.63. The molecule has 0 spiro atoms. The van der Waals surface area contributed by atoms with E-state index in [-0.39, 0.29) is 5.69 Å². The smallest absolute Gasteiger partial charge is 0.275 e. The highest BCUT2D eigenvalue weighted by molar-refractivity contribution is 6.35. The molecule has 2 N–H and O–H groups in total. The van der Waals surface area contributed by atoms with Crippen LogP contribution in [0, 0.1) is 6.92 Å². The fourth-order valence-corrected chi connectivity index (χ4v) is 2.48. The molecule has 1 amide bonds. The summed E-state index contributed by atoms with van der Waals surface area (Å²) in [7, 11) is 0. The van der Waals surface area contributed by atoms with E-state index in [2.05, 4.69) is 20.6 Å². The van der Waals surface area contributed by atoms with Crippen LogP contribution in [0.15, 0.2) is 54.9 Å². The molecule has 2 aromatic carbocycles. The molecule has 126 valence electrons. The highest BCUT2D eigenvalue weighted by Gasteiger charge is 2.11. The van der Waals surface area contributed by atoms with Gasteiger partial charge < -0.3 is 10.6 Å². The summed E-state index contributed by atoms with van der Waals surface area (Å²) >= 11 is 11.9. The van der Waals surface area contributed by atoms with Crippen molar-refractivity contribution in [3.63, 3.8) is 0 Å². The lowest BCUT2D eigenvalue weighted by molar-refractivity contribution is 0.102. The fraction of sp³-hybridized carbons (Fsp3) is 0.0556. The van der Waals surface area contributed by atoms with Crippen LogP contribution < -0.4 is 10.6 Å². The Labute approximate surface area is 155 Å². The predicted octanol–water partition coefficient (Wildman–Crippen LogP) is 5.09. The van der Waals surface area contributed by atoms with Gasteiger partial charge in [-0.2, -0.15) is 0 Å². The zero-order valence-corrected chi connectivity index (χ0v) is 14.8. The number of nitrogens with one attached hydrogen (secondary N) is 2. The largest absolute Gasteiger partial charge is 0.339 e. The van der Waals surface area contributed by atoms with Crippen molar-refractivity contribution in [1.82, 2.24) is 9.97 Å². The van der Waals surface area contributed by atoms with Crippen molar-refractivity contribution in [1.29, 1.82) is 0 Å². The van der Waals surface area contributed by atoms with Crippen LogP contribution >= 0.6 is 23.2 Å². The van der Waals surface area contributed by atoms with E-state index in [1.807, 2.05) is 31.2 Å². The molecule has 1 aromatic heterocycles. The van der Waals surface area contributed by atoms with Crippen LogP contribution in [0.2, 0.25) is 10.0 Å². The maximum Gasteiger partial charge on any atom is 0.275 e. The van der Waals surface area contributed by atoms with Gasteiger partial charge in [-0.25, -0.2) is 9.97 Å². The second kappa shape index (κ2) is 7.51. The van der Waals surface area contributed by atoms with Crippen molar-refractivity contribution >= 4 is 46.3 Å². The molecule has 0 aliphatic rings. The Kier molecular flexibility index (Phi) is 5.16. The summed E-state index contributed by atoms with van der Waals surface area (Å²) in [5.74, 6) is 0.130. The Bertz CT molecular complexity index is 913. The lowest BCUT2D eigenvalue weighted by Crippen LogP contribution is -2.14. The van der Waals surface area contributed by atoms with Crippen molar-refractivity contribution in [2.45, 2.75) is 6.92 Å². The third kappa shape index (κ3) is 4.26. The number of aryl methyl sites for hydroxylation is 1. The molecule has 0 unspecified atom stereocenters. The maximum atomic E-state index is 12.3. The zero-order chi connectivity index (χ0) is 17.8. The van der Waals surface area contributed by atoms with E-state index < -0.39 is 5.91 Å². The molecule has 0 saturated heterocycles. The number of nitrogens with zero attached hydrogens (tertiary/aromatic N) is 2. The first-order chi connectivity index (χ1) is 12.0. The van der Waals surface area contributed by atoms with Crippen molar-refractivity contribution < 1.29 is 4.79 Å². The van der Waals surface area contributed by atoms with Crippen molar-refractivity contribution in [3.8, 4) is 0 Å². The van der Waals surface area contributed by atoms with Gasteiger partial charge in [-0.3, -0.25) is 4.79 Å². The van der Waals surface area contributed by atoms with E-state index >= 15 is 0 Å². The van der Waals surface area contributed by atoms with E-state index in [1.165, 1.54) is 12.4 Å². The zero-order valence-electron chi connectivity index (χ0n) is 13.3. The number of anilines is 3. The Balaban J connectivity index is 1.72. The molecule has 0 atom stereocenters. The first kappa shape index (κ1) is 17.2. The summed E-state index contributed by atoms with van der Waals surface area (Å²) in [5.41, 5.74) is 2.61. The molecule has 0 radical (unpaired) electrons. The number of benzene rings is 2. The number of amides is 1. The van der Waals surface area contributed by atoms with E-state index in [9.17, 15) is 4.79 Å². The molecular weight excluding hydrogens is 359 g/mol. The minimum absolute atomic E-state index is 0.173. The summed E-state index contributed by atoms with van der Waals surface area (Å²) in [6, 6.07) is 12.7. The number of halogens is 2. The Morgan fingerprint density at radius 1 is 1.00 bits per heavy atom. The molecule has 0 aliphatic heterocycles. The van der Waals surface area contributed by atoms with Gasteiger partial charge in [0.05, 0.1) is 23.1 Å². The summed E-state index contributed by atoms with van der Waals surface area (Å²) in [6.45, 7) is 1.99. The quantitative estimate of drug-likeness (QED) is 0.669. The van der Waals surface area contributed by atoms with Gasteiger partial charge in [0.15, 0.2) is 0 Å². The maximum absolute atomic E-state index is 12.3. The van der Waals surface area contributed by atoms with Crippen LogP contribution in [0.5, 0.6) is 0 Å². The number of hydrogen-bond acceptors (Lipinski definition) is 4. The average molecular weight is 373 g/mol. The van der Waals surface area contributed by atoms with Gasteiger partial charge in [0, 0.05) is 10.7 Å². The topological polar surface area (TPSA) is 66.9 Å². The molecule has 0 fully saturated rings. The molecule has 0 bridgehead atoms. The third-order valence-electron chi connectivity index (χ3n) is 3.47. The standard InChI is InChI=1S/C18H14Cl2N4O/c1-11-4-2-3-5-14(11)23-17-10-21-16(9-22-17)18(25)24-15-8-12(19)6-7-13(15)20/h2-10H,1H3,(H,22,23)(H,24,25). The lowest BCUT2D eigenvalue weighted by atomic mass is 10.2. The van der Waals surface area contributed by atoms with Crippen molar-refractivity contribution in [2.75, 3.05) is 10.6 Å². The van der Waals surface area contributed by atoms with Gasteiger partial charge in [-0.05, 0) is 36.8 Å². The second-order valence-electron chi connectivity index (χ2n) is 5.31. The van der Waals surface area contributed by atoms with Crippen LogP contribution in [0.1, 0.15) is 16.1 Å². The molecule has 25 heavy (non-hydrogen) atoms. The SMILES string of the molecule is Cc1ccccc1Nc1cnc(C(=O)Nc2cc(Cl)ccc2Cl)cn1. The number of aromatic nitrogens is 2. The normalized spacial score (nSPS) is 10.4. The summed E-state index contributed by atoms with van der Waals surface area (Å²) in [6.07, 6.45) is 2.90. The van der Waals surface area contributed by atoms with E-state index in [1.54, 1.807) is 18.2 Å². The minimum atomic E-state index is -0.417. The van der Waals surface area contributed by atoms with Gasteiger partial charge in [-0.1, -0.05) is 41.4 Å². The van der Waals surface area contributed by atoms with Crippen LogP contribution in [-0.4, -0.2) is 15.9 Å². The van der Waals surface area contributed by atoms with Gasteiger partial charge in [-0.15, -0.1) is 0 Å². The first-order valence-electron chi connectivity index (χ1n) is 7.44. The monoisotopic (exact) mass is 372 g/mol. The second-order valence-corrected chi connectivity index (χ2v) is 6.15. The van der Waals surface area contributed by atoms with Gasteiger partial charge >= 0.3 is 0 Å².